The van der Waals surface area contributed by atoms with Crippen molar-refractivity contribution >= 4 is 11.3 Å². The Labute approximate surface area is 169 Å². The van der Waals surface area contributed by atoms with Crippen molar-refractivity contribution in [3.63, 3.8) is 0 Å². The van der Waals surface area contributed by atoms with Crippen molar-refractivity contribution < 1.29 is 9.26 Å². The molecule has 4 rings (SSSR count). The van der Waals surface area contributed by atoms with E-state index < -0.39 is 0 Å². The third kappa shape index (κ3) is 5.41. The number of aromatic nitrogens is 2. The smallest absolute Gasteiger partial charge is 0.227 e. The fourth-order valence-electron chi connectivity index (χ4n) is 3.36. The average molecular weight is 399 g/mol. The van der Waals surface area contributed by atoms with E-state index in [-0.39, 0.29) is 0 Å². The van der Waals surface area contributed by atoms with Crippen LogP contribution < -0.4 is 4.74 Å². The van der Waals surface area contributed by atoms with E-state index in [1.54, 1.807) is 11.3 Å². The summed E-state index contributed by atoms with van der Waals surface area (Å²) in [4.78, 5) is 10.6. The predicted molar refractivity (Wildman–Crippen MR) is 111 cm³/mol. The van der Waals surface area contributed by atoms with Gasteiger partial charge in [0.05, 0.1) is 4.88 Å². The molecule has 0 atom stereocenters. The molecular weight excluding hydrogens is 372 g/mol. The summed E-state index contributed by atoms with van der Waals surface area (Å²) in [6.07, 6.45) is 1.88. The maximum absolute atomic E-state index is 5.80. The van der Waals surface area contributed by atoms with Crippen LogP contribution in [0.2, 0.25) is 0 Å². The van der Waals surface area contributed by atoms with Gasteiger partial charge in [-0.15, -0.1) is 11.3 Å². The zero-order chi connectivity index (χ0) is 19.0. The highest BCUT2D eigenvalue weighted by Crippen LogP contribution is 2.21. The standard InChI is InChI=1S/C21H26N4O2S/c1-2-6-18(7-3-1)26-16-15-25-13-11-24(12-14-25)10-4-9-20-22-21(23-27-20)19-8-5-17-28-19/h1-3,5-8,17H,4,9-16H2. The molecule has 1 aliphatic heterocycles. The van der Waals surface area contributed by atoms with Gasteiger partial charge >= 0.3 is 0 Å². The Morgan fingerprint density at radius 3 is 2.50 bits per heavy atom. The molecule has 148 valence electrons. The molecule has 0 saturated carbocycles. The van der Waals surface area contributed by atoms with Crippen molar-refractivity contribution in [2.24, 2.45) is 0 Å². The Morgan fingerprint density at radius 2 is 1.75 bits per heavy atom. The number of piperazine rings is 1. The van der Waals surface area contributed by atoms with E-state index in [0.29, 0.717) is 5.82 Å². The first-order valence-electron chi connectivity index (χ1n) is 9.86. The largest absolute Gasteiger partial charge is 0.492 e. The Morgan fingerprint density at radius 1 is 0.964 bits per heavy atom. The van der Waals surface area contributed by atoms with E-state index in [4.69, 9.17) is 9.26 Å². The van der Waals surface area contributed by atoms with Crippen LogP contribution >= 0.6 is 11.3 Å². The highest BCUT2D eigenvalue weighted by atomic mass is 32.1. The summed E-state index contributed by atoms with van der Waals surface area (Å²) in [6.45, 7) is 7.21. The molecule has 1 aromatic carbocycles. The van der Waals surface area contributed by atoms with E-state index in [1.165, 1.54) is 0 Å². The third-order valence-electron chi connectivity index (χ3n) is 4.96. The SMILES string of the molecule is c1ccc(OCCN2CCN(CCCc3nc(-c4cccs4)no3)CC2)cc1. The molecule has 6 nitrogen and oxygen atoms in total. The molecule has 0 aliphatic carbocycles. The predicted octanol–water partition coefficient (Wildman–Crippen LogP) is 3.43. The zero-order valence-electron chi connectivity index (χ0n) is 16.0. The molecule has 2 aromatic heterocycles. The molecule has 7 heteroatoms. The summed E-state index contributed by atoms with van der Waals surface area (Å²) in [6, 6.07) is 14.0. The summed E-state index contributed by atoms with van der Waals surface area (Å²) < 4.78 is 11.2. The summed E-state index contributed by atoms with van der Waals surface area (Å²) in [7, 11) is 0. The first-order chi connectivity index (χ1) is 13.9. The van der Waals surface area contributed by atoms with Crippen molar-refractivity contribution in [2.45, 2.75) is 12.8 Å². The van der Waals surface area contributed by atoms with Gasteiger partial charge in [-0.1, -0.05) is 29.4 Å². The minimum absolute atomic E-state index is 0.705. The van der Waals surface area contributed by atoms with Crippen molar-refractivity contribution in [1.29, 1.82) is 0 Å². The van der Waals surface area contributed by atoms with Gasteiger partial charge in [-0.05, 0) is 36.5 Å². The zero-order valence-corrected chi connectivity index (χ0v) is 16.8. The second-order valence-corrected chi connectivity index (χ2v) is 7.89. The summed E-state index contributed by atoms with van der Waals surface area (Å²) in [5.41, 5.74) is 0. The van der Waals surface area contributed by atoms with Gasteiger partial charge in [-0.2, -0.15) is 4.98 Å². The number of para-hydroxylation sites is 1. The average Bonchev–Trinajstić information content (AvgIpc) is 3.42. The lowest BCUT2D eigenvalue weighted by Crippen LogP contribution is -2.47. The number of ether oxygens (including phenoxy) is 1. The maximum atomic E-state index is 5.80. The molecule has 1 saturated heterocycles. The van der Waals surface area contributed by atoms with Gasteiger partial charge in [-0.3, -0.25) is 4.90 Å². The fourth-order valence-corrected chi connectivity index (χ4v) is 4.01. The van der Waals surface area contributed by atoms with Crippen LogP contribution in [0, 0.1) is 0 Å². The Balaban J connectivity index is 1.11. The van der Waals surface area contributed by atoms with Gasteiger partial charge in [0.15, 0.2) is 0 Å². The molecule has 3 aromatic rings. The molecule has 3 heterocycles. The first kappa shape index (κ1) is 19.1. The lowest BCUT2D eigenvalue weighted by molar-refractivity contribution is 0.115. The molecule has 0 amide bonds. The maximum Gasteiger partial charge on any atom is 0.227 e. The fraction of sp³-hybridized carbons (Fsp3) is 0.429. The number of nitrogens with zero attached hydrogens (tertiary/aromatic N) is 4. The number of rotatable bonds is 9. The van der Waals surface area contributed by atoms with Crippen molar-refractivity contribution in [3.05, 3.63) is 53.7 Å². The highest BCUT2D eigenvalue weighted by Gasteiger charge is 2.17. The van der Waals surface area contributed by atoms with E-state index in [0.717, 1.165) is 75.2 Å². The van der Waals surface area contributed by atoms with E-state index in [1.807, 2.05) is 47.8 Å². The monoisotopic (exact) mass is 398 g/mol. The molecular formula is C21H26N4O2S. The number of hydrogen-bond acceptors (Lipinski definition) is 7. The Hall–Kier alpha value is -2.22. The summed E-state index contributed by atoms with van der Waals surface area (Å²) in [5.74, 6) is 2.39. The van der Waals surface area contributed by atoms with Gasteiger partial charge in [0, 0.05) is 39.1 Å². The second kappa shape index (κ2) is 9.82. The number of aryl methyl sites for hydroxylation is 1. The van der Waals surface area contributed by atoms with Crippen LogP contribution in [0.1, 0.15) is 12.3 Å². The van der Waals surface area contributed by atoms with Gasteiger partial charge < -0.3 is 14.2 Å². The normalized spacial score (nSPS) is 15.7. The van der Waals surface area contributed by atoms with Crippen LogP contribution in [0.15, 0.2) is 52.4 Å². The number of benzene rings is 1. The van der Waals surface area contributed by atoms with Crippen molar-refractivity contribution in [3.8, 4) is 16.5 Å². The van der Waals surface area contributed by atoms with Gasteiger partial charge in [-0.25, -0.2) is 0 Å². The van der Waals surface area contributed by atoms with Gasteiger partial charge in [0.25, 0.3) is 0 Å². The Kier molecular flexibility index (Phi) is 6.70. The van der Waals surface area contributed by atoms with Crippen LogP contribution in [0.25, 0.3) is 10.7 Å². The summed E-state index contributed by atoms with van der Waals surface area (Å²) >= 11 is 1.63. The van der Waals surface area contributed by atoms with Crippen LogP contribution in [-0.2, 0) is 6.42 Å². The highest BCUT2D eigenvalue weighted by molar-refractivity contribution is 7.13. The second-order valence-electron chi connectivity index (χ2n) is 6.94. The molecule has 0 bridgehead atoms. The number of thiophene rings is 1. The Bertz CT molecular complexity index is 814. The topological polar surface area (TPSA) is 54.6 Å². The lowest BCUT2D eigenvalue weighted by atomic mass is 10.2. The quantitative estimate of drug-likeness (QED) is 0.550. The molecule has 0 radical (unpaired) electrons. The summed E-state index contributed by atoms with van der Waals surface area (Å²) in [5, 5.41) is 6.10. The van der Waals surface area contributed by atoms with Crippen LogP contribution in [0.5, 0.6) is 5.75 Å². The molecule has 1 fully saturated rings. The van der Waals surface area contributed by atoms with Gasteiger partial charge in [0.1, 0.15) is 12.4 Å². The number of hydrogen-bond donors (Lipinski definition) is 0. The molecule has 0 spiro atoms. The van der Waals surface area contributed by atoms with Crippen LogP contribution in [-0.4, -0.2) is 65.8 Å². The van der Waals surface area contributed by atoms with Crippen LogP contribution in [0.4, 0.5) is 0 Å². The van der Waals surface area contributed by atoms with Crippen LogP contribution in [0.3, 0.4) is 0 Å². The molecule has 28 heavy (non-hydrogen) atoms. The lowest BCUT2D eigenvalue weighted by Gasteiger charge is -2.34. The van der Waals surface area contributed by atoms with Crippen molar-refractivity contribution in [1.82, 2.24) is 19.9 Å². The molecule has 0 N–H and O–H groups in total. The minimum Gasteiger partial charge on any atom is -0.492 e. The van der Waals surface area contributed by atoms with E-state index in [9.17, 15) is 0 Å². The van der Waals surface area contributed by atoms with Gasteiger partial charge in [0.2, 0.25) is 11.7 Å². The molecule has 0 unspecified atom stereocenters. The minimum atomic E-state index is 0.705. The van der Waals surface area contributed by atoms with E-state index >= 15 is 0 Å². The molecule has 1 aliphatic rings. The first-order valence-corrected chi connectivity index (χ1v) is 10.7. The van der Waals surface area contributed by atoms with E-state index in [2.05, 4.69) is 19.9 Å². The van der Waals surface area contributed by atoms with Crippen molar-refractivity contribution in [2.75, 3.05) is 45.9 Å². The third-order valence-corrected chi connectivity index (χ3v) is 5.82.